The van der Waals surface area contributed by atoms with Crippen LogP contribution in [0.2, 0.25) is 0 Å². The van der Waals surface area contributed by atoms with Gasteiger partial charge in [0.25, 0.3) is 0 Å². The van der Waals surface area contributed by atoms with Gasteiger partial charge in [0.1, 0.15) is 5.82 Å². The number of aryl methyl sites for hydroxylation is 1. The van der Waals surface area contributed by atoms with Crippen molar-refractivity contribution in [3.63, 3.8) is 0 Å². The van der Waals surface area contributed by atoms with Gasteiger partial charge < -0.3 is 4.74 Å². The smallest absolute Gasteiger partial charge is 0.376 e. The first kappa shape index (κ1) is 17.7. The summed E-state index contributed by atoms with van der Waals surface area (Å²) in [7, 11) is 1.56. The molecule has 0 spiro atoms. The lowest BCUT2D eigenvalue weighted by atomic mass is 10.0. The van der Waals surface area contributed by atoms with Crippen LogP contribution in [-0.2, 0) is 24.5 Å². The van der Waals surface area contributed by atoms with Gasteiger partial charge in [-0.25, -0.2) is 14.2 Å². The first-order chi connectivity index (χ1) is 12.8. The Morgan fingerprint density at radius 1 is 1.33 bits per heavy atom. The van der Waals surface area contributed by atoms with Crippen LogP contribution in [0.1, 0.15) is 12.0 Å². The topological polar surface area (TPSA) is 49.0 Å². The van der Waals surface area contributed by atoms with E-state index < -0.39 is 17.6 Å². The maximum absolute atomic E-state index is 14.5. The number of alkyl halides is 3. The monoisotopic (exact) mass is 381 g/mol. The molecule has 1 fully saturated rings. The van der Waals surface area contributed by atoms with E-state index in [1.807, 2.05) is 0 Å². The van der Waals surface area contributed by atoms with Crippen LogP contribution < -0.4 is 5.69 Å². The first-order valence-corrected chi connectivity index (χ1v) is 8.30. The van der Waals surface area contributed by atoms with E-state index in [1.165, 1.54) is 27.5 Å². The number of benzene rings is 1. The van der Waals surface area contributed by atoms with E-state index in [0.717, 1.165) is 12.5 Å². The summed E-state index contributed by atoms with van der Waals surface area (Å²) in [6, 6.07) is 4.58. The zero-order chi connectivity index (χ0) is 19.3. The van der Waals surface area contributed by atoms with Crippen LogP contribution in [0.5, 0.6) is 0 Å². The molecule has 0 aliphatic carbocycles. The van der Waals surface area contributed by atoms with Crippen molar-refractivity contribution in [2.75, 3.05) is 6.61 Å². The summed E-state index contributed by atoms with van der Waals surface area (Å²) < 4.78 is 61.6. The minimum atomic E-state index is -4.80. The van der Waals surface area contributed by atoms with E-state index >= 15 is 0 Å². The van der Waals surface area contributed by atoms with Gasteiger partial charge in [0, 0.05) is 31.0 Å². The molecule has 4 rings (SSSR count). The Morgan fingerprint density at radius 2 is 2.07 bits per heavy atom. The molecule has 1 atom stereocenters. The van der Waals surface area contributed by atoms with E-state index in [0.29, 0.717) is 30.4 Å². The van der Waals surface area contributed by atoms with Crippen LogP contribution in [0.4, 0.5) is 17.6 Å². The lowest BCUT2D eigenvalue weighted by Crippen LogP contribution is -2.35. The van der Waals surface area contributed by atoms with Gasteiger partial charge in [-0.2, -0.15) is 13.2 Å². The second-order valence-corrected chi connectivity index (χ2v) is 6.47. The average molecular weight is 381 g/mol. The zero-order valence-electron chi connectivity index (χ0n) is 14.3. The van der Waals surface area contributed by atoms with Gasteiger partial charge in [-0.1, -0.05) is 12.1 Å². The van der Waals surface area contributed by atoms with Gasteiger partial charge in [-0.3, -0.25) is 9.13 Å². The Balaban J connectivity index is 1.87. The second-order valence-electron chi connectivity index (χ2n) is 6.47. The van der Waals surface area contributed by atoms with Crippen molar-refractivity contribution in [1.29, 1.82) is 0 Å². The van der Waals surface area contributed by atoms with Gasteiger partial charge >= 0.3 is 11.9 Å². The molecule has 1 unspecified atom stereocenters. The molecule has 2 aromatic heterocycles. The minimum absolute atomic E-state index is 0.0951. The van der Waals surface area contributed by atoms with E-state index in [1.54, 1.807) is 7.05 Å². The molecule has 0 bridgehead atoms. The number of nitrogens with zero attached hydrogens (tertiary/aromatic N) is 3. The van der Waals surface area contributed by atoms with E-state index in [9.17, 15) is 22.4 Å². The van der Waals surface area contributed by atoms with Crippen molar-refractivity contribution in [3.05, 3.63) is 52.3 Å². The summed E-state index contributed by atoms with van der Waals surface area (Å²) in [5.74, 6) is -1.36. The summed E-state index contributed by atoms with van der Waals surface area (Å²) in [5.41, 5.74) is -0.909. The zero-order valence-corrected chi connectivity index (χ0v) is 14.3. The van der Waals surface area contributed by atoms with Crippen molar-refractivity contribution in [1.82, 2.24) is 14.1 Å². The van der Waals surface area contributed by atoms with Crippen molar-refractivity contribution in [2.45, 2.75) is 25.2 Å². The predicted molar refractivity (Wildman–Crippen MR) is 89.7 cm³/mol. The molecule has 1 saturated heterocycles. The number of fused-ring (bicyclic) bond motifs is 1. The third-order valence-electron chi connectivity index (χ3n) is 4.77. The molecule has 142 valence electrons. The number of ether oxygens (including phenoxy) is 1. The average Bonchev–Trinajstić information content (AvgIpc) is 2.81. The molecule has 1 aromatic carbocycles. The fourth-order valence-corrected chi connectivity index (χ4v) is 3.21. The first-order valence-electron chi connectivity index (χ1n) is 8.30. The standard InChI is InChI=1S/C18H15F4N3O2/c1-24-16-14(25(17(24)26)9-11-5-6-27-11)7-10(8-23-16)12-3-2-4-13(15(12)19)18(20,21)22/h2-4,7-8,11H,5-6,9H2,1H3. The molecule has 27 heavy (non-hydrogen) atoms. The number of imidazole rings is 1. The molecule has 1 aliphatic heterocycles. The quantitative estimate of drug-likeness (QED) is 0.654. The van der Waals surface area contributed by atoms with Crippen LogP contribution in [0, 0.1) is 5.82 Å². The van der Waals surface area contributed by atoms with Crippen LogP contribution in [-0.4, -0.2) is 26.8 Å². The Morgan fingerprint density at radius 3 is 2.70 bits per heavy atom. The highest BCUT2D eigenvalue weighted by molar-refractivity contribution is 5.79. The van der Waals surface area contributed by atoms with E-state index in [2.05, 4.69) is 4.98 Å². The molecule has 3 aromatic rings. The molecule has 1 aliphatic rings. The molecule has 0 N–H and O–H groups in total. The van der Waals surface area contributed by atoms with Crippen molar-refractivity contribution < 1.29 is 22.3 Å². The number of rotatable bonds is 3. The minimum Gasteiger partial charge on any atom is -0.376 e. The van der Waals surface area contributed by atoms with Crippen LogP contribution in [0.25, 0.3) is 22.3 Å². The highest BCUT2D eigenvalue weighted by atomic mass is 19.4. The van der Waals surface area contributed by atoms with Crippen molar-refractivity contribution in [2.24, 2.45) is 7.05 Å². The Kier molecular flexibility index (Phi) is 4.06. The Bertz CT molecular complexity index is 1080. The number of aromatic nitrogens is 3. The van der Waals surface area contributed by atoms with Gasteiger partial charge in [0.2, 0.25) is 0 Å². The summed E-state index contributed by atoms with van der Waals surface area (Å²) >= 11 is 0. The molecule has 3 heterocycles. The van der Waals surface area contributed by atoms with Gasteiger partial charge in [-0.05, 0) is 18.6 Å². The predicted octanol–water partition coefficient (Wildman–Crippen LogP) is 3.35. The maximum atomic E-state index is 14.5. The fraction of sp³-hybridized carbons (Fsp3) is 0.333. The highest BCUT2D eigenvalue weighted by Crippen LogP contribution is 2.35. The molecule has 9 heteroatoms. The summed E-state index contributed by atoms with van der Waals surface area (Å²) in [4.78, 5) is 16.6. The Labute approximate surface area is 150 Å². The van der Waals surface area contributed by atoms with Crippen molar-refractivity contribution >= 4 is 11.2 Å². The lowest BCUT2D eigenvalue weighted by Gasteiger charge is -2.26. The highest BCUT2D eigenvalue weighted by Gasteiger charge is 2.35. The maximum Gasteiger partial charge on any atom is 0.419 e. The lowest BCUT2D eigenvalue weighted by molar-refractivity contribution is -0.139. The summed E-state index contributed by atoms with van der Waals surface area (Å²) in [6.07, 6.45) is -2.81. The number of halogens is 4. The van der Waals surface area contributed by atoms with Crippen molar-refractivity contribution in [3.8, 4) is 11.1 Å². The summed E-state index contributed by atoms with van der Waals surface area (Å²) in [6.45, 7) is 0.940. The molecule has 0 amide bonds. The van der Waals surface area contributed by atoms with Crippen LogP contribution >= 0.6 is 0 Å². The summed E-state index contributed by atoms with van der Waals surface area (Å²) in [5, 5.41) is 0. The van der Waals surface area contributed by atoms with Gasteiger partial charge in [0.05, 0.1) is 23.7 Å². The molecular weight excluding hydrogens is 366 g/mol. The van der Waals surface area contributed by atoms with Crippen LogP contribution in [0.3, 0.4) is 0 Å². The normalized spacial score (nSPS) is 17.3. The van der Waals surface area contributed by atoms with E-state index in [-0.39, 0.29) is 22.9 Å². The SMILES string of the molecule is Cn1c(=O)n(CC2CCO2)c2cc(-c3cccc(C(F)(F)F)c3F)cnc21. The third-order valence-corrected chi connectivity index (χ3v) is 4.77. The van der Waals surface area contributed by atoms with E-state index in [4.69, 9.17) is 4.74 Å². The molecular formula is C18H15F4N3O2. The number of pyridine rings is 1. The second kappa shape index (κ2) is 6.19. The molecule has 5 nitrogen and oxygen atoms in total. The Hall–Kier alpha value is -2.68. The van der Waals surface area contributed by atoms with Crippen LogP contribution in [0.15, 0.2) is 35.3 Å². The molecule has 0 radical (unpaired) electrons. The van der Waals surface area contributed by atoms with Gasteiger partial charge in [-0.15, -0.1) is 0 Å². The fourth-order valence-electron chi connectivity index (χ4n) is 3.21. The largest absolute Gasteiger partial charge is 0.419 e. The molecule has 0 saturated carbocycles. The number of hydrogen-bond acceptors (Lipinski definition) is 3. The number of hydrogen-bond donors (Lipinski definition) is 0. The third kappa shape index (κ3) is 2.91. The van der Waals surface area contributed by atoms with Gasteiger partial charge in [0.15, 0.2) is 5.65 Å².